The van der Waals surface area contributed by atoms with E-state index in [-0.39, 0.29) is 0 Å². The normalized spacial score (nSPS) is 11.7. The van der Waals surface area contributed by atoms with Crippen molar-refractivity contribution in [1.29, 1.82) is 0 Å². The van der Waals surface area contributed by atoms with Crippen LogP contribution in [0.4, 0.5) is 0 Å². The van der Waals surface area contributed by atoms with Gasteiger partial charge in [0, 0.05) is 27.3 Å². The number of aromatic nitrogens is 4. The molecule has 0 unspecified atom stereocenters. The smallest absolute Gasteiger partial charge is 0.238 e. The Hall–Kier alpha value is -6.65. The molecule has 4 nitrogen and oxygen atoms in total. The van der Waals surface area contributed by atoms with Crippen molar-refractivity contribution >= 4 is 54.1 Å². The number of rotatable bonds is 4. The first-order valence-electron chi connectivity index (χ1n) is 16.5. The van der Waals surface area contributed by atoms with Crippen molar-refractivity contribution in [3.8, 4) is 39.9 Å². The molecular formula is C45H28N4. The zero-order valence-corrected chi connectivity index (χ0v) is 26.5. The van der Waals surface area contributed by atoms with Crippen LogP contribution in [0, 0.1) is 0 Å². The lowest BCUT2D eigenvalue weighted by Crippen LogP contribution is -2.06. The van der Waals surface area contributed by atoms with Crippen LogP contribution in [0.5, 0.6) is 0 Å². The monoisotopic (exact) mass is 624 g/mol. The van der Waals surface area contributed by atoms with Crippen molar-refractivity contribution in [2.75, 3.05) is 0 Å². The third-order valence-electron chi connectivity index (χ3n) is 9.61. The van der Waals surface area contributed by atoms with E-state index in [9.17, 15) is 0 Å². The van der Waals surface area contributed by atoms with Crippen molar-refractivity contribution in [2.45, 2.75) is 0 Å². The van der Waals surface area contributed by atoms with E-state index < -0.39 is 0 Å². The Morgan fingerprint density at radius 3 is 1.73 bits per heavy atom. The van der Waals surface area contributed by atoms with Gasteiger partial charge < -0.3 is 0 Å². The number of benzene rings is 8. The number of nitrogens with zero attached hydrogens (tertiary/aromatic N) is 4. The average molecular weight is 625 g/mol. The zero-order valence-electron chi connectivity index (χ0n) is 26.5. The van der Waals surface area contributed by atoms with Crippen LogP contribution < -0.4 is 0 Å². The van der Waals surface area contributed by atoms with Gasteiger partial charge >= 0.3 is 0 Å². The zero-order chi connectivity index (χ0) is 32.3. The molecule has 2 heterocycles. The summed E-state index contributed by atoms with van der Waals surface area (Å²) in [6.07, 6.45) is 0. The van der Waals surface area contributed by atoms with Crippen LogP contribution in [0.15, 0.2) is 170 Å². The third kappa shape index (κ3) is 4.35. The van der Waals surface area contributed by atoms with Gasteiger partial charge in [-0.15, -0.1) is 0 Å². The van der Waals surface area contributed by atoms with E-state index in [0.29, 0.717) is 17.6 Å². The maximum Gasteiger partial charge on any atom is 0.238 e. The molecule has 0 bridgehead atoms. The van der Waals surface area contributed by atoms with Gasteiger partial charge in [0.05, 0.1) is 11.0 Å². The summed E-state index contributed by atoms with van der Waals surface area (Å²) in [5, 5.41) is 9.70. The molecule has 0 aliphatic rings. The standard InChI is InChI=1S/C45H28N4/c1-3-14-29(15-4-1)32-19-13-20-33(28-32)44-46-43(31-17-5-2-6-18-31)47-45(48-44)49-39-25-12-11-24-37(39)41-38-27-26-30-16-7-8-21-34(30)40(38)35-22-9-10-23-36(35)42(41)49/h1-28H. The van der Waals surface area contributed by atoms with Gasteiger partial charge in [0.25, 0.3) is 0 Å². The lowest BCUT2D eigenvalue weighted by Gasteiger charge is -2.14. The topological polar surface area (TPSA) is 43.6 Å². The maximum absolute atomic E-state index is 5.28. The summed E-state index contributed by atoms with van der Waals surface area (Å²) in [7, 11) is 0. The fraction of sp³-hybridized carbons (Fsp3) is 0. The van der Waals surface area contributed by atoms with Crippen LogP contribution in [0.1, 0.15) is 0 Å². The minimum absolute atomic E-state index is 0.588. The summed E-state index contributed by atoms with van der Waals surface area (Å²) in [6.45, 7) is 0. The summed E-state index contributed by atoms with van der Waals surface area (Å²) >= 11 is 0. The summed E-state index contributed by atoms with van der Waals surface area (Å²) < 4.78 is 2.25. The Kier molecular flexibility index (Phi) is 6.15. The van der Waals surface area contributed by atoms with Gasteiger partial charge in [-0.25, -0.2) is 4.98 Å². The van der Waals surface area contributed by atoms with Gasteiger partial charge in [-0.05, 0) is 50.2 Å². The molecule has 0 saturated heterocycles. The number of hydrogen-bond donors (Lipinski definition) is 0. The predicted octanol–water partition coefficient (Wildman–Crippen LogP) is 11.4. The fourth-order valence-electron chi connectivity index (χ4n) is 7.43. The molecule has 2 aromatic heterocycles. The highest BCUT2D eigenvalue weighted by Crippen LogP contribution is 2.44. The van der Waals surface area contributed by atoms with Crippen LogP contribution >= 0.6 is 0 Å². The van der Waals surface area contributed by atoms with E-state index in [4.69, 9.17) is 15.0 Å². The van der Waals surface area contributed by atoms with Crippen LogP contribution in [-0.2, 0) is 0 Å². The van der Waals surface area contributed by atoms with Gasteiger partial charge in [0.1, 0.15) is 0 Å². The first-order valence-corrected chi connectivity index (χ1v) is 16.5. The molecule has 228 valence electrons. The van der Waals surface area contributed by atoms with Gasteiger partial charge in [-0.3, -0.25) is 4.57 Å². The second kappa shape index (κ2) is 11.0. The maximum atomic E-state index is 5.28. The van der Waals surface area contributed by atoms with E-state index in [2.05, 4.69) is 150 Å². The van der Waals surface area contributed by atoms with Crippen molar-refractivity contribution in [3.05, 3.63) is 170 Å². The van der Waals surface area contributed by atoms with E-state index in [1.165, 1.54) is 32.3 Å². The highest BCUT2D eigenvalue weighted by atomic mass is 15.2. The van der Waals surface area contributed by atoms with Crippen LogP contribution in [-0.4, -0.2) is 19.5 Å². The first-order chi connectivity index (χ1) is 24.3. The summed E-state index contributed by atoms with van der Waals surface area (Å²) in [4.78, 5) is 15.6. The summed E-state index contributed by atoms with van der Waals surface area (Å²) in [6, 6.07) is 59.7. The summed E-state index contributed by atoms with van der Waals surface area (Å²) in [5.74, 6) is 1.85. The van der Waals surface area contributed by atoms with E-state index in [1.54, 1.807) is 0 Å². The second-order valence-corrected chi connectivity index (χ2v) is 12.4. The molecule has 4 heteroatoms. The Labute approximate surface area is 282 Å². The third-order valence-corrected chi connectivity index (χ3v) is 9.61. The van der Waals surface area contributed by atoms with E-state index >= 15 is 0 Å². The molecule has 0 N–H and O–H groups in total. The minimum Gasteiger partial charge on any atom is -0.277 e. The highest BCUT2D eigenvalue weighted by Gasteiger charge is 2.22. The minimum atomic E-state index is 0.588. The molecule has 0 fully saturated rings. The Morgan fingerprint density at radius 2 is 0.939 bits per heavy atom. The van der Waals surface area contributed by atoms with E-state index in [1.807, 2.05) is 24.3 Å². The first kappa shape index (κ1) is 27.5. The molecule has 0 amide bonds. The molecule has 49 heavy (non-hydrogen) atoms. The molecule has 10 rings (SSSR count). The molecule has 0 atom stereocenters. The van der Waals surface area contributed by atoms with Crippen LogP contribution in [0.2, 0.25) is 0 Å². The van der Waals surface area contributed by atoms with Gasteiger partial charge in [0.15, 0.2) is 11.6 Å². The van der Waals surface area contributed by atoms with Crippen molar-refractivity contribution < 1.29 is 0 Å². The largest absolute Gasteiger partial charge is 0.277 e. The average Bonchev–Trinajstić information content (AvgIpc) is 3.54. The number of para-hydroxylation sites is 1. The Bertz CT molecular complexity index is 2870. The van der Waals surface area contributed by atoms with Crippen molar-refractivity contribution in [2.24, 2.45) is 0 Å². The SMILES string of the molecule is c1ccc(-c2cccc(-c3nc(-c4ccccc4)nc(-n4c5ccccc5c5c6ccc7ccccc7c6c6ccccc6c54)n3)c2)cc1. The lowest BCUT2D eigenvalue weighted by molar-refractivity contribution is 0.955. The Morgan fingerprint density at radius 1 is 0.347 bits per heavy atom. The molecule has 0 aliphatic carbocycles. The summed E-state index contributed by atoms with van der Waals surface area (Å²) in [5.41, 5.74) is 6.28. The predicted molar refractivity (Wildman–Crippen MR) is 203 cm³/mol. The molecular weight excluding hydrogens is 597 g/mol. The van der Waals surface area contributed by atoms with Gasteiger partial charge in [0.2, 0.25) is 5.95 Å². The molecule has 8 aromatic carbocycles. The lowest BCUT2D eigenvalue weighted by atomic mass is 9.93. The van der Waals surface area contributed by atoms with Crippen molar-refractivity contribution in [1.82, 2.24) is 19.5 Å². The molecule has 0 radical (unpaired) electrons. The second-order valence-electron chi connectivity index (χ2n) is 12.4. The number of fused-ring (bicyclic) bond motifs is 10. The molecule has 0 spiro atoms. The molecule has 0 saturated carbocycles. The quantitative estimate of drug-likeness (QED) is 0.183. The molecule has 0 aliphatic heterocycles. The van der Waals surface area contributed by atoms with Gasteiger partial charge in [-0.2, -0.15) is 9.97 Å². The van der Waals surface area contributed by atoms with E-state index in [0.717, 1.165) is 44.1 Å². The molecule has 10 aromatic rings. The van der Waals surface area contributed by atoms with Crippen LogP contribution in [0.3, 0.4) is 0 Å². The number of hydrogen-bond acceptors (Lipinski definition) is 3. The van der Waals surface area contributed by atoms with Crippen LogP contribution in [0.25, 0.3) is 94.0 Å². The Balaban J connectivity index is 1.33. The van der Waals surface area contributed by atoms with Gasteiger partial charge in [-0.1, -0.05) is 158 Å². The van der Waals surface area contributed by atoms with Crippen molar-refractivity contribution in [3.63, 3.8) is 0 Å². The highest BCUT2D eigenvalue weighted by molar-refractivity contribution is 6.36. The fourth-order valence-corrected chi connectivity index (χ4v) is 7.43.